The van der Waals surface area contributed by atoms with E-state index < -0.39 is 14.9 Å². The lowest BCUT2D eigenvalue weighted by Gasteiger charge is -2.05. The van der Waals surface area contributed by atoms with Crippen LogP contribution < -0.4 is 9.46 Å². The van der Waals surface area contributed by atoms with Crippen molar-refractivity contribution in [3.8, 4) is 17.0 Å². The van der Waals surface area contributed by atoms with Crippen molar-refractivity contribution in [1.82, 2.24) is 4.98 Å². The Bertz CT molecular complexity index is 1100. The quantitative estimate of drug-likeness (QED) is 0.493. The maximum Gasteiger partial charge on any atom is 0.311 e. The Morgan fingerprint density at radius 3 is 2.52 bits per heavy atom. The normalized spacial score (nSPS) is 11.2. The summed E-state index contributed by atoms with van der Waals surface area (Å²) in [5.41, 5.74) is 0.784. The average molecular weight is 405 g/mol. The van der Waals surface area contributed by atoms with Gasteiger partial charge in [0, 0.05) is 16.5 Å². The van der Waals surface area contributed by atoms with Crippen LogP contribution in [0.2, 0.25) is 0 Å². The van der Waals surface area contributed by atoms with Gasteiger partial charge in [-0.2, -0.15) is 0 Å². The molecule has 27 heavy (non-hydrogen) atoms. The van der Waals surface area contributed by atoms with E-state index in [1.165, 1.54) is 31.4 Å². The van der Waals surface area contributed by atoms with Crippen LogP contribution in [-0.4, -0.2) is 25.4 Å². The van der Waals surface area contributed by atoms with E-state index in [1.807, 2.05) is 0 Å². The minimum absolute atomic E-state index is 0.125. The van der Waals surface area contributed by atoms with Crippen molar-refractivity contribution in [3.05, 3.63) is 63.5 Å². The standard InChI is InChI=1S/C17H15N3O5S2/c1-11-16(12-8-9-15(25-2)14(10-12)20(21)22)18-17(26-11)19-27(23,24)13-6-4-3-5-7-13/h3-10H,1-2H3,(H,18,19). The Morgan fingerprint density at radius 1 is 1.19 bits per heavy atom. The Balaban J connectivity index is 1.96. The molecule has 1 aromatic heterocycles. The van der Waals surface area contributed by atoms with Gasteiger partial charge in [-0.15, -0.1) is 11.3 Å². The zero-order valence-electron chi connectivity index (χ0n) is 14.4. The number of rotatable bonds is 6. The van der Waals surface area contributed by atoms with Gasteiger partial charge in [-0.3, -0.25) is 14.8 Å². The molecule has 1 N–H and O–H groups in total. The number of thiazole rings is 1. The van der Waals surface area contributed by atoms with E-state index in [2.05, 4.69) is 9.71 Å². The average Bonchev–Trinajstić information content (AvgIpc) is 3.01. The van der Waals surface area contributed by atoms with Gasteiger partial charge in [0.05, 0.1) is 22.6 Å². The van der Waals surface area contributed by atoms with Crippen LogP contribution in [-0.2, 0) is 10.0 Å². The van der Waals surface area contributed by atoms with E-state index in [0.29, 0.717) is 11.3 Å². The van der Waals surface area contributed by atoms with Crippen molar-refractivity contribution in [1.29, 1.82) is 0 Å². The van der Waals surface area contributed by atoms with Gasteiger partial charge in [0.1, 0.15) is 0 Å². The van der Waals surface area contributed by atoms with Gasteiger partial charge in [-0.05, 0) is 31.2 Å². The number of hydrogen-bond acceptors (Lipinski definition) is 7. The molecule has 2 aromatic carbocycles. The Kier molecular flexibility index (Phi) is 5.10. The van der Waals surface area contributed by atoms with Crippen LogP contribution in [0.1, 0.15) is 4.88 Å². The summed E-state index contributed by atoms with van der Waals surface area (Å²) in [5.74, 6) is 0.140. The van der Waals surface area contributed by atoms with E-state index in [4.69, 9.17) is 4.74 Å². The highest BCUT2D eigenvalue weighted by Gasteiger charge is 2.21. The molecule has 0 aliphatic carbocycles. The Hall–Kier alpha value is -2.98. The molecule has 0 bridgehead atoms. The number of nitrogens with one attached hydrogen (secondary N) is 1. The fourth-order valence-electron chi connectivity index (χ4n) is 2.46. The summed E-state index contributed by atoms with van der Waals surface area (Å²) < 4.78 is 32.3. The summed E-state index contributed by atoms with van der Waals surface area (Å²) in [6, 6.07) is 12.4. The molecule has 0 aliphatic rings. The van der Waals surface area contributed by atoms with Crippen LogP contribution in [0.3, 0.4) is 0 Å². The van der Waals surface area contributed by atoms with E-state index in [9.17, 15) is 18.5 Å². The Labute approximate surface area is 159 Å². The fraction of sp³-hybridized carbons (Fsp3) is 0.118. The summed E-state index contributed by atoms with van der Waals surface area (Å²) in [5, 5.41) is 11.4. The number of methoxy groups -OCH3 is 1. The van der Waals surface area contributed by atoms with Crippen LogP contribution >= 0.6 is 11.3 Å². The molecule has 140 valence electrons. The lowest BCUT2D eigenvalue weighted by atomic mass is 10.1. The van der Waals surface area contributed by atoms with Crippen LogP contribution in [0.15, 0.2) is 53.4 Å². The molecule has 0 unspecified atom stereocenters. The molecule has 0 amide bonds. The van der Waals surface area contributed by atoms with Gasteiger partial charge < -0.3 is 4.74 Å². The van der Waals surface area contributed by atoms with Crippen LogP contribution in [0, 0.1) is 17.0 Å². The van der Waals surface area contributed by atoms with Crippen molar-refractivity contribution in [2.45, 2.75) is 11.8 Å². The molecule has 3 rings (SSSR count). The molecule has 0 radical (unpaired) electrons. The number of ether oxygens (including phenoxy) is 1. The van der Waals surface area contributed by atoms with Crippen LogP contribution in [0.4, 0.5) is 10.8 Å². The number of sulfonamides is 1. The Morgan fingerprint density at radius 2 is 1.89 bits per heavy atom. The maximum atomic E-state index is 12.4. The molecule has 10 heteroatoms. The molecule has 3 aromatic rings. The first-order chi connectivity index (χ1) is 12.8. The number of nitrogens with zero attached hydrogens (tertiary/aromatic N) is 2. The molecule has 0 atom stereocenters. The second-order valence-electron chi connectivity index (χ2n) is 5.49. The highest BCUT2D eigenvalue weighted by atomic mass is 32.2. The first kappa shape index (κ1) is 18.8. The maximum absolute atomic E-state index is 12.4. The summed E-state index contributed by atoms with van der Waals surface area (Å²) >= 11 is 1.15. The number of hydrogen-bond donors (Lipinski definition) is 1. The third kappa shape index (κ3) is 3.91. The van der Waals surface area contributed by atoms with E-state index in [-0.39, 0.29) is 21.5 Å². The largest absolute Gasteiger partial charge is 0.490 e. The monoisotopic (exact) mass is 405 g/mol. The second-order valence-corrected chi connectivity index (χ2v) is 8.37. The van der Waals surface area contributed by atoms with Crippen molar-refractivity contribution < 1.29 is 18.1 Å². The summed E-state index contributed by atoms with van der Waals surface area (Å²) in [6.07, 6.45) is 0. The van der Waals surface area contributed by atoms with Crippen LogP contribution in [0.25, 0.3) is 11.3 Å². The molecule has 0 fully saturated rings. The summed E-state index contributed by atoms with van der Waals surface area (Å²) in [6.45, 7) is 1.77. The first-order valence-corrected chi connectivity index (χ1v) is 10.00. The predicted molar refractivity (Wildman–Crippen MR) is 103 cm³/mol. The highest BCUT2D eigenvalue weighted by Crippen LogP contribution is 2.36. The molecule has 0 aliphatic heterocycles. The van der Waals surface area contributed by atoms with E-state index >= 15 is 0 Å². The van der Waals surface area contributed by atoms with Gasteiger partial charge in [-0.1, -0.05) is 18.2 Å². The zero-order chi connectivity index (χ0) is 19.6. The third-order valence-corrected chi connectivity index (χ3v) is 6.09. The smallest absolute Gasteiger partial charge is 0.311 e. The molecule has 0 saturated carbocycles. The lowest BCUT2D eigenvalue weighted by molar-refractivity contribution is -0.385. The van der Waals surface area contributed by atoms with Gasteiger partial charge in [0.25, 0.3) is 10.0 Å². The number of nitro groups is 1. The second kappa shape index (κ2) is 7.33. The van der Waals surface area contributed by atoms with E-state index in [0.717, 1.165) is 16.2 Å². The molecular formula is C17H15N3O5S2. The van der Waals surface area contributed by atoms with Gasteiger partial charge >= 0.3 is 5.69 Å². The molecular weight excluding hydrogens is 390 g/mol. The van der Waals surface area contributed by atoms with E-state index in [1.54, 1.807) is 31.2 Å². The number of aromatic nitrogens is 1. The zero-order valence-corrected chi connectivity index (χ0v) is 16.0. The van der Waals surface area contributed by atoms with Crippen molar-refractivity contribution in [3.63, 3.8) is 0 Å². The third-order valence-electron chi connectivity index (χ3n) is 3.72. The predicted octanol–water partition coefficient (Wildman–Crippen LogP) is 3.84. The van der Waals surface area contributed by atoms with Gasteiger partial charge in [0.15, 0.2) is 10.9 Å². The summed E-state index contributed by atoms with van der Waals surface area (Å²) in [7, 11) is -2.41. The summed E-state index contributed by atoms with van der Waals surface area (Å²) in [4.78, 5) is 15.8. The first-order valence-electron chi connectivity index (χ1n) is 7.70. The number of aryl methyl sites for hydroxylation is 1. The minimum atomic E-state index is -3.76. The minimum Gasteiger partial charge on any atom is -0.490 e. The molecule has 1 heterocycles. The SMILES string of the molecule is COc1ccc(-c2nc(NS(=O)(=O)c3ccccc3)sc2C)cc1[N+](=O)[O-]. The van der Waals surface area contributed by atoms with Crippen molar-refractivity contribution in [2.24, 2.45) is 0 Å². The van der Waals surface area contributed by atoms with Crippen molar-refractivity contribution >= 4 is 32.2 Å². The van der Waals surface area contributed by atoms with Crippen molar-refractivity contribution in [2.75, 3.05) is 11.8 Å². The fourth-order valence-corrected chi connectivity index (χ4v) is 4.55. The number of nitro benzene ring substituents is 1. The molecule has 0 saturated heterocycles. The number of benzene rings is 2. The lowest BCUT2D eigenvalue weighted by Crippen LogP contribution is -2.12. The van der Waals surface area contributed by atoms with Gasteiger partial charge in [-0.25, -0.2) is 13.4 Å². The van der Waals surface area contributed by atoms with Gasteiger partial charge in [0.2, 0.25) is 0 Å². The molecule has 0 spiro atoms. The van der Waals surface area contributed by atoms with Crippen LogP contribution in [0.5, 0.6) is 5.75 Å². The number of anilines is 1. The molecule has 8 nitrogen and oxygen atoms in total. The topological polar surface area (TPSA) is 111 Å². The highest BCUT2D eigenvalue weighted by molar-refractivity contribution is 7.93.